The van der Waals surface area contributed by atoms with Gasteiger partial charge in [0.15, 0.2) is 5.82 Å². The highest BCUT2D eigenvalue weighted by atomic mass is 79.9. The predicted molar refractivity (Wildman–Crippen MR) is 72.1 cm³/mol. The number of rotatable bonds is 2. The number of nitrogens with one attached hydrogen (secondary N) is 1. The van der Waals surface area contributed by atoms with Crippen molar-refractivity contribution in [1.29, 1.82) is 0 Å². The van der Waals surface area contributed by atoms with Crippen molar-refractivity contribution in [2.45, 2.75) is 45.8 Å². The number of hydrogen-bond acceptors (Lipinski definition) is 4. The number of hydrogen-bond donors (Lipinski definition) is 1. The van der Waals surface area contributed by atoms with Crippen LogP contribution in [0.4, 0.5) is 4.79 Å². The first-order valence-corrected chi connectivity index (χ1v) is 6.39. The van der Waals surface area contributed by atoms with Gasteiger partial charge in [-0.2, -0.15) is 0 Å². The number of amides is 1. The van der Waals surface area contributed by atoms with Gasteiger partial charge >= 0.3 is 6.09 Å². The smallest absolute Gasteiger partial charge is 0.408 e. The molecule has 1 N–H and O–H groups in total. The van der Waals surface area contributed by atoms with E-state index in [4.69, 9.17) is 4.74 Å². The minimum absolute atomic E-state index is 0.487. The van der Waals surface area contributed by atoms with Gasteiger partial charge in [0, 0.05) is 12.4 Å². The fourth-order valence-corrected chi connectivity index (χ4v) is 1.45. The van der Waals surface area contributed by atoms with Crippen molar-refractivity contribution in [2.24, 2.45) is 0 Å². The molecule has 100 valence electrons. The molecule has 18 heavy (non-hydrogen) atoms. The van der Waals surface area contributed by atoms with Crippen LogP contribution in [-0.2, 0) is 10.3 Å². The molecule has 1 aromatic rings. The number of halogens is 1. The lowest BCUT2D eigenvalue weighted by molar-refractivity contribution is 0.0466. The third-order valence-corrected chi connectivity index (χ3v) is 2.40. The molecular formula is C12H18BrN3O2. The number of carbonyl (C=O) groups is 1. The number of alkyl carbamates (subject to hydrolysis) is 1. The van der Waals surface area contributed by atoms with E-state index in [1.165, 1.54) is 0 Å². The summed E-state index contributed by atoms with van der Waals surface area (Å²) in [5, 5.41) is 2.75. The lowest BCUT2D eigenvalue weighted by Crippen LogP contribution is -2.44. The molecule has 1 aromatic heterocycles. The summed E-state index contributed by atoms with van der Waals surface area (Å²) in [7, 11) is 0. The Morgan fingerprint density at radius 3 is 2.17 bits per heavy atom. The predicted octanol–water partition coefficient (Wildman–Crippen LogP) is 3.00. The minimum Gasteiger partial charge on any atom is -0.444 e. The molecule has 0 aliphatic rings. The van der Waals surface area contributed by atoms with E-state index < -0.39 is 17.2 Å². The quantitative estimate of drug-likeness (QED) is 0.911. The Hall–Kier alpha value is -1.17. The molecule has 0 atom stereocenters. The second kappa shape index (κ2) is 5.22. The Balaban J connectivity index is 2.75. The Kier molecular flexibility index (Phi) is 4.32. The second-order valence-corrected chi connectivity index (χ2v) is 6.39. The number of ether oxygens (including phenoxy) is 1. The zero-order chi connectivity index (χ0) is 14.0. The zero-order valence-electron chi connectivity index (χ0n) is 11.2. The first-order valence-electron chi connectivity index (χ1n) is 5.59. The second-order valence-electron chi connectivity index (χ2n) is 5.48. The molecule has 6 heteroatoms. The molecule has 0 aliphatic carbocycles. The molecule has 0 saturated carbocycles. The summed E-state index contributed by atoms with van der Waals surface area (Å²) >= 11 is 3.27. The van der Waals surface area contributed by atoms with E-state index in [2.05, 4.69) is 31.2 Å². The van der Waals surface area contributed by atoms with E-state index in [1.807, 2.05) is 34.6 Å². The fourth-order valence-electron chi connectivity index (χ4n) is 1.25. The van der Waals surface area contributed by atoms with Crippen LogP contribution in [0.15, 0.2) is 16.9 Å². The Labute approximate surface area is 115 Å². The Morgan fingerprint density at radius 1 is 1.22 bits per heavy atom. The molecular weight excluding hydrogens is 298 g/mol. The van der Waals surface area contributed by atoms with Crippen LogP contribution >= 0.6 is 15.9 Å². The average Bonchev–Trinajstić information content (AvgIpc) is 2.13. The maximum atomic E-state index is 11.7. The van der Waals surface area contributed by atoms with Crippen LogP contribution in [0.2, 0.25) is 0 Å². The highest BCUT2D eigenvalue weighted by molar-refractivity contribution is 9.10. The summed E-state index contributed by atoms with van der Waals surface area (Å²) in [5.74, 6) is 0.525. The van der Waals surface area contributed by atoms with Gasteiger partial charge in [0.25, 0.3) is 0 Å². The molecule has 0 unspecified atom stereocenters. The van der Waals surface area contributed by atoms with Gasteiger partial charge in [0.05, 0.1) is 10.0 Å². The van der Waals surface area contributed by atoms with Crippen LogP contribution in [0.3, 0.4) is 0 Å². The molecule has 5 nitrogen and oxygen atoms in total. The first kappa shape index (κ1) is 14.9. The number of aromatic nitrogens is 2. The SMILES string of the molecule is CC(C)(C)OC(=O)NC(C)(C)c1ncc(Br)cn1. The summed E-state index contributed by atoms with van der Waals surface area (Å²) in [4.78, 5) is 20.1. The fraction of sp³-hybridized carbons (Fsp3) is 0.583. The number of nitrogens with zero attached hydrogens (tertiary/aromatic N) is 2. The lowest BCUT2D eigenvalue weighted by atomic mass is 10.1. The zero-order valence-corrected chi connectivity index (χ0v) is 12.8. The van der Waals surface area contributed by atoms with Crippen molar-refractivity contribution in [3.8, 4) is 0 Å². The van der Waals surface area contributed by atoms with E-state index in [-0.39, 0.29) is 0 Å². The minimum atomic E-state index is -0.691. The normalized spacial score (nSPS) is 12.1. The van der Waals surface area contributed by atoms with Crippen molar-refractivity contribution in [2.75, 3.05) is 0 Å². The molecule has 1 heterocycles. The Bertz CT molecular complexity index is 424. The number of carbonyl (C=O) groups excluding carboxylic acids is 1. The highest BCUT2D eigenvalue weighted by Gasteiger charge is 2.28. The van der Waals surface area contributed by atoms with Crippen molar-refractivity contribution < 1.29 is 9.53 Å². The van der Waals surface area contributed by atoms with Crippen molar-refractivity contribution in [3.05, 3.63) is 22.7 Å². The molecule has 0 saturated heterocycles. The largest absolute Gasteiger partial charge is 0.444 e. The van der Waals surface area contributed by atoms with E-state index in [0.717, 1.165) is 4.47 Å². The van der Waals surface area contributed by atoms with E-state index >= 15 is 0 Å². The van der Waals surface area contributed by atoms with Gasteiger partial charge in [-0.1, -0.05) is 0 Å². The summed E-state index contributed by atoms with van der Waals surface area (Å²) in [6.07, 6.45) is 2.79. The van der Waals surface area contributed by atoms with Crippen molar-refractivity contribution in [3.63, 3.8) is 0 Å². The van der Waals surface area contributed by atoms with Gasteiger partial charge in [0.1, 0.15) is 5.60 Å². The van der Waals surface area contributed by atoms with Crippen LogP contribution in [0.5, 0.6) is 0 Å². The molecule has 0 aliphatic heterocycles. The molecule has 1 rings (SSSR count). The maximum Gasteiger partial charge on any atom is 0.408 e. The van der Waals surface area contributed by atoms with Crippen LogP contribution in [0.25, 0.3) is 0 Å². The van der Waals surface area contributed by atoms with E-state index in [0.29, 0.717) is 5.82 Å². The van der Waals surface area contributed by atoms with Crippen molar-refractivity contribution >= 4 is 22.0 Å². The molecule has 0 aromatic carbocycles. The van der Waals surface area contributed by atoms with Crippen LogP contribution < -0.4 is 5.32 Å². The van der Waals surface area contributed by atoms with Gasteiger partial charge in [-0.05, 0) is 50.5 Å². The molecule has 0 bridgehead atoms. The highest BCUT2D eigenvalue weighted by Crippen LogP contribution is 2.18. The standard InChI is InChI=1S/C12H18BrN3O2/c1-11(2,3)18-10(17)16-12(4,5)9-14-6-8(13)7-15-9/h6-7H,1-5H3,(H,16,17). The van der Waals surface area contributed by atoms with Gasteiger partial charge in [-0.15, -0.1) is 0 Å². The van der Waals surface area contributed by atoms with E-state index in [1.54, 1.807) is 12.4 Å². The summed E-state index contributed by atoms with van der Waals surface area (Å²) in [5.41, 5.74) is -1.22. The Morgan fingerprint density at radius 2 is 1.72 bits per heavy atom. The lowest BCUT2D eigenvalue weighted by Gasteiger charge is -2.27. The van der Waals surface area contributed by atoms with Gasteiger partial charge in [-0.3, -0.25) is 0 Å². The van der Waals surface area contributed by atoms with Gasteiger partial charge < -0.3 is 10.1 Å². The maximum absolute atomic E-state index is 11.7. The van der Waals surface area contributed by atoms with Crippen LogP contribution in [-0.4, -0.2) is 21.7 Å². The third kappa shape index (κ3) is 4.60. The topological polar surface area (TPSA) is 64.1 Å². The van der Waals surface area contributed by atoms with Crippen LogP contribution in [0, 0.1) is 0 Å². The molecule has 0 spiro atoms. The molecule has 0 radical (unpaired) electrons. The average molecular weight is 316 g/mol. The summed E-state index contributed by atoms with van der Waals surface area (Å²) in [6, 6.07) is 0. The van der Waals surface area contributed by atoms with Gasteiger partial charge in [-0.25, -0.2) is 14.8 Å². The van der Waals surface area contributed by atoms with E-state index in [9.17, 15) is 4.79 Å². The van der Waals surface area contributed by atoms with Gasteiger partial charge in [0.2, 0.25) is 0 Å². The summed E-state index contributed by atoms with van der Waals surface area (Å²) in [6.45, 7) is 9.08. The monoisotopic (exact) mass is 315 g/mol. The summed E-state index contributed by atoms with van der Waals surface area (Å²) < 4.78 is 5.99. The third-order valence-electron chi connectivity index (χ3n) is 1.99. The van der Waals surface area contributed by atoms with Crippen molar-refractivity contribution in [1.82, 2.24) is 15.3 Å². The van der Waals surface area contributed by atoms with Crippen LogP contribution in [0.1, 0.15) is 40.4 Å². The first-order chi connectivity index (χ1) is 8.10. The molecule has 0 fully saturated rings. The molecule has 1 amide bonds.